The number of nitrogens with two attached hydrogens (primary N) is 1. The molecular weight excluding hydrogens is 232 g/mol. The molecule has 0 fully saturated rings. The number of aryl methyl sites for hydroxylation is 1. The van der Waals surface area contributed by atoms with E-state index in [1.807, 2.05) is 6.92 Å². The molecule has 0 unspecified atom stereocenters. The van der Waals surface area contributed by atoms with Crippen molar-refractivity contribution >= 4 is 11.7 Å². The summed E-state index contributed by atoms with van der Waals surface area (Å²) in [5.74, 6) is 1.47. The predicted molar refractivity (Wildman–Crippen MR) is 65.6 cm³/mol. The first-order chi connectivity index (χ1) is 8.56. The molecule has 0 radical (unpaired) electrons. The number of carbonyl (C=O) groups is 1. The number of hydrogen-bond donors (Lipinski definition) is 2. The molecule has 2 heterocycles. The number of nitrogen functional groups attached to an aromatic ring is 1. The van der Waals surface area contributed by atoms with E-state index >= 15 is 0 Å². The third-order valence-electron chi connectivity index (χ3n) is 2.40. The summed E-state index contributed by atoms with van der Waals surface area (Å²) >= 11 is 0. The Kier molecular flexibility index (Phi) is 3.22. The highest BCUT2D eigenvalue weighted by atomic mass is 16.2. The van der Waals surface area contributed by atoms with E-state index in [0.29, 0.717) is 23.8 Å². The maximum absolute atomic E-state index is 12.1. The second-order valence-corrected chi connectivity index (χ2v) is 3.97. The zero-order chi connectivity index (χ0) is 13.1. The molecule has 2 aromatic rings. The van der Waals surface area contributed by atoms with Crippen molar-refractivity contribution in [1.82, 2.24) is 25.1 Å². The van der Waals surface area contributed by atoms with E-state index < -0.39 is 0 Å². The van der Waals surface area contributed by atoms with Crippen LogP contribution in [0.3, 0.4) is 0 Å². The van der Waals surface area contributed by atoms with Crippen LogP contribution in [0.1, 0.15) is 22.0 Å². The van der Waals surface area contributed by atoms with Crippen LogP contribution in [-0.4, -0.2) is 38.0 Å². The molecule has 0 bridgehead atoms. The van der Waals surface area contributed by atoms with E-state index in [4.69, 9.17) is 5.73 Å². The van der Waals surface area contributed by atoms with Gasteiger partial charge in [0.2, 0.25) is 0 Å². The monoisotopic (exact) mass is 246 g/mol. The molecule has 2 aromatic heterocycles. The summed E-state index contributed by atoms with van der Waals surface area (Å²) in [6.07, 6.45) is 1.51. The number of carbonyl (C=O) groups excluding carboxylic acids is 1. The fourth-order valence-electron chi connectivity index (χ4n) is 1.55. The Morgan fingerprint density at radius 1 is 1.56 bits per heavy atom. The fourth-order valence-corrected chi connectivity index (χ4v) is 1.55. The zero-order valence-corrected chi connectivity index (χ0v) is 10.2. The summed E-state index contributed by atoms with van der Waals surface area (Å²) in [5.41, 5.74) is 6.04. The zero-order valence-electron chi connectivity index (χ0n) is 10.2. The molecule has 0 saturated carbocycles. The highest BCUT2D eigenvalue weighted by Crippen LogP contribution is 2.08. The molecule has 7 nitrogen and oxygen atoms in total. The van der Waals surface area contributed by atoms with Gasteiger partial charge in [0.05, 0.1) is 6.54 Å². The Hall–Kier alpha value is -2.44. The van der Waals surface area contributed by atoms with Crippen molar-refractivity contribution in [2.45, 2.75) is 13.5 Å². The van der Waals surface area contributed by atoms with Gasteiger partial charge in [-0.05, 0) is 19.1 Å². The van der Waals surface area contributed by atoms with E-state index in [-0.39, 0.29) is 5.91 Å². The Morgan fingerprint density at radius 3 is 2.94 bits per heavy atom. The number of rotatable bonds is 3. The molecule has 0 aliphatic carbocycles. The Bertz CT molecular complexity index is 564. The van der Waals surface area contributed by atoms with Gasteiger partial charge in [-0.25, -0.2) is 9.97 Å². The molecule has 3 N–H and O–H groups in total. The van der Waals surface area contributed by atoms with Gasteiger partial charge in [-0.1, -0.05) is 0 Å². The van der Waals surface area contributed by atoms with Crippen LogP contribution >= 0.6 is 0 Å². The highest BCUT2D eigenvalue weighted by Gasteiger charge is 2.14. The normalized spacial score (nSPS) is 10.3. The topological polar surface area (TPSA) is 101 Å². The first kappa shape index (κ1) is 12.0. The number of nitrogens with one attached hydrogen (secondary N) is 1. The Balaban J connectivity index is 2.09. The second kappa shape index (κ2) is 4.82. The fraction of sp³-hybridized carbons (Fsp3) is 0.273. The first-order valence-electron chi connectivity index (χ1n) is 5.41. The Labute approximate surface area is 104 Å². The molecule has 94 valence electrons. The van der Waals surface area contributed by atoms with Crippen molar-refractivity contribution in [3.05, 3.63) is 35.5 Å². The number of anilines is 1. The van der Waals surface area contributed by atoms with E-state index in [2.05, 4.69) is 20.2 Å². The van der Waals surface area contributed by atoms with Crippen LogP contribution in [0.4, 0.5) is 5.82 Å². The number of hydrogen-bond acceptors (Lipinski definition) is 5. The number of nitrogens with zero attached hydrogens (tertiary/aromatic N) is 4. The maximum atomic E-state index is 12.1. The predicted octanol–water partition coefficient (Wildman–Crippen LogP) is 0.363. The first-order valence-corrected chi connectivity index (χ1v) is 5.41. The molecule has 0 spiro atoms. The summed E-state index contributed by atoms with van der Waals surface area (Å²) in [6, 6.07) is 3.17. The lowest BCUT2D eigenvalue weighted by Crippen LogP contribution is -2.26. The molecule has 2 rings (SSSR count). The van der Waals surface area contributed by atoms with Gasteiger partial charge in [0.1, 0.15) is 11.6 Å². The Morgan fingerprint density at radius 2 is 2.33 bits per heavy atom. The molecule has 1 amide bonds. The number of H-pyrrole nitrogens is 1. The van der Waals surface area contributed by atoms with Gasteiger partial charge < -0.3 is 10.6 Å². The van der Waals surface area contributed by atoms with E-state index in [1.165, 1.54) is 11.1 Å². The van der Waals surface area contributed by atoms with E-state index in [1.54, 1.807) is 19.2 Å². The van der Waals surface area contributed by atoms with Crippen LogP contribution in [0.2, 0.25) is 0 Å². The van der Waals surface area contributed by atoms with Crippen molar-refractivity contribution < 1.29 is 4.79 Å². The third kappa shape index (κ3) is 2.62. The molecule has 0 aromatic carbocycles. The molecule has 7 heteroatoms. The summed E-state index contributed by atoms with van der Waals surface area (Å²) < 4.78 is 0. The van der Waals surface area contributed by atoms with Crippen molar-refractivity contribution in [3.8, 4) is 0 Å². The molecule has 18 heavy (non-hydrogen) atoms. The minimum absolute atomic E-state index is 0.147. The number of aromatic amines is 1. The van der Waals surface area contributed by atoms with Crippen molar-refractivity contribution in [2.75, 3.05) is 12.8 Å². The van der Waals surface area contributed by atoms with Crippen LogP contribution in [0.15, 0.2) is 18.3 Å². The van der Waals surface area contributed by atoms with Crippen molar-refractivity contribution in [2.24, 2.45) is 0 Å². The van der Waals surface area contributed by atoms with Crippen LogP contribution in [0.25, 0.3) is 0 Å². The maximum Gasteiger partial charge on any atom is 0.254 e. The SMILES string of the molecule is Cc1nc(CN(C)C(=O)c2ccnc(N)c2)n[nH]1. The van der Waals surface area contributed by atoms with Gasteiger partial charge in [-0.2, -0.15) is 5.10 Å². The highest BCUT2D eigenvalue weighted by molar-refractivity contribution is 5.94. The molecule has 0 aliphatic heterocycles. The van der Waals surface area contributed by atoms with Crippen LogP contribution < -0.4 is 5.73 Å². The number of aromatic nitrogens is 4. The van der Waals surface area contributed by atoms with E-state index in [0.717, 1.165) is 5.82 Å². The largest absolute Gasteiger partial charge is 0.384 e. The quantitative estimate of drug-likeness (QED) is 0.814. The number of pyridine rings is 1. The lowest BCUT2D eigenvalue weighted by Gasteiger charge is -2.15. The second-order valence-electron chi connectivity index (χ2n) is 3.97. The third-order valence-corrected chi connectivity index (χ3v) is 2.40. The van der Waals surface area contributed by atoms with Crippen LogP contribution in [-0.2, 0) is 6.54 Å². The van der Waals surface area contributed by atoms with E-state index in [9.17, 15) is 4.79 Å². The minimum atomic E-state index is -0.147. The standard InChI is InChI=1S/C11H14N6O/c1-7-14-10(16-15-7)6-17(2)11(18)8-3-4-13-9(12)5-8/h3-5H,6H2,1-2H3,(H2,12,13)(H,14,15,16). The van der Waals surface area contributed by atoms with Gasteiger partial charge in [0.25, 0.3) is 5.91 Å². The van der Waals surface area contributed by atoms with Gasteiger partial charge in [0, 0.05) is 18.8 Å². The van der Waals surface area contributed by atoms with Crippen LogP contribution in [0.5, 0.6) is 0 Å². The van der Waals surface area contributed by atoms with Gasteiger partial charge in [0.15, 0.2) is 5.82 Å². The molecule has 0 saturated heterocycles. The lowest BCUT2D eigenvalue weighted by molar-refractivity contribution is 0.0781. The van der Waals surface area contributed by atoms with Gasteiger partial charge >= 0.3 is 0 Å². The molecule has 0 atom stereocenters. The summed E-state index contributed by atoms with van der Waals surface area (Å²) in [6.45, 7) is 2.15. The lowest BCUT2D eigenvalue weighted by atomic mass is 10.2. The summed E-state index contributed by atoms with van der Waals surface area (Å²) in [7, 11) is 1.69. The van der Waals surface area contributed by atoms with Crippen LogP contribution in [0, 0.1) is 6.92 Å². The summed E-state index contributed by atoms with van der Waals surface area (Å²) in [4.78, 5) is 21.6. The van der Waals surface area contributed by atoms with Gasteiger partial charge in [-0.3, -0.25) is 9.89 Å². The molecular formula is C11H14N6O. The average Bonchev–Trinajstić information content (AvgIpc) is 2.73. The van der Waals surface area contributed by atoms with Crippen molar-refractivity contribution in [3.63, 3.8) is 0 Å². The summed E-state index contributed by atoms with van der Waals surface area (Å²) in [5, 5.41) is 6.72. The van der Waals surface area contributed by atoms with Gasteiger partial charge in [-0.15, -0.1) is 0 Å². The average molecular weight is 246 g/mol. The minimum Gasteiger partial charge on any atom is -0.384 e. The molecule has 0 aliphatic rings. The number of amides is 1. The smallest absolute Gasteiger partial charge is 0.254 e. The van der Waals surface area contributed by atoms with Crippen molar-refractivity contribution in [1.29, 1.82) is 0 Å².